The van der Waals surface area contributed by atoms with Crippen molar-refractivity contribution in [3.8, 4) is 5.75 Å². The van der Waals surface area contributed by atoms with Gasteiger partial charge in [0.25, 0.3) is 0 Å². The molecule has 1 aromatic heterocycles. The predicted octanol–water partition coefficient (Wildman–Crippen LogP) is 4.10. The third-order valence-electron chi connectivity index (χ3n) is 2.96. The quantitative estimate of drug-likeness (QED) is 0.776. The van der Waals surface area contributed by atoms with E-state index in [1.807, 2.05) is 38.1 Å². The van der Waals surface area contributed by atoms with Gasteiger partial charge in [-0.25, -0.2) is 0 Å². The molecule has 1 heterocycles. The molecule has 0 aliphatic carbocycles. The molecule has 0 unspecified atom stereocenters. The molecule has 122 valence electrons. The van der Waals surface area contributed by atoms with Crippen LogP contribution in [0.15, 0.2) is 30.3 Å². The van der Waals surface area contributed by atoms with Crippen LogP contribution in [0.1, 0.15) is 43.7 Å². The topological polar surface area (TPSA) is 64.1 Å². The standard InChI is InChI=1S/C17H21N3O2S/c1-4-11-22-14-8-6-5-7-13(14)9-10-15(21)18-17-20-19-16(23-17)12(2)3/h5-10,12H,4,11H2,1-3H3,(H,18,20,21)/b10-9+. The first-order valence-corrected chi connectivity index (χ1v) is 8.46. The summed E-state index contributed by atoms with van der Waals surface area (Å²) in [4.78, 5) is 12.0. The van der Waals surface area contributed by atoms with Crippen LogP contribution < -0.4 is 10.1 Å². The number of carbonyl (C=O) groups is 1. The summed E-state index contributed by atoms with van der Waals surface area (Å²) < 4.78 is 5.66. The average Bonchev–Trinajstić information content (AvgIpc) is 3.00. The van der Waals surface area contributed by atoms with Crippen LogP contribution in [0, 0.1) is 0 Å². The molecule has 1 aromatic carbocycles. The Labute approximate surface area is 140 Å². The van der Waals surface area contributed by atoms with E-state index >= 15 is 0 Å². The van der Waals surface area contributed by atoms with Crippen LogP contribution >= 0.6 is 11.3 Å². The van der Waals surface area contributed by atoms with Crippen molar-refractivity contribution in [1.29, 1.82) is 0 Å². The van der Waals surface area contributed by atoms with Gasteiger partial charge in [-0.15, -0.1) is 10.2 Å². The zero-order valence-electron chi connectivity index (χ0n) is 13.6. The van der Waals surface area contributed by atoms with Gasteiger partial charge in [0.05, 0.1) is 6.61 Å². The second-order valence-corrected chi connectivity index (χ2v) is 6.32. The van der Waals surface area contributed by atoms with Gasteiger partial charge in [-0.3, -0.25) is 10.1 Å². The predicted molar refractivity (Wildman–Crippen MR) is 93.9 cm³/mol. The van der Waals surface area contributed by atoms with Gasteiger partial charge in [-0.2, -0.15) is 0 Å². The van der Waals surface area contributed by atoms with Gasteiger partial charge >= 0.3 is 0 Å². The Bertz CT molecular complexity index is 680. The normalized spacial score (nSPS) is 11.1. The molecule has 0 fully saturated rings. The molecular formula is C17H21N3O2S. The van der Waals surface area contributed by atoms with Crippen LogP contribution in [0.4, 0.5) is 5.13 Å². The van der Waals surface area contributed by atoms with Crippen molar-refractivity contribution in [3.63, 3.8) is 0 Å². The fourth-order valence-electron chi connectivity index (χ4n) is 1.79. The molecule has 2 rings (SSSR count). The molecule has 0 aliphatic heterocycles. The Morgan fingerprint density at radius 2 is 2.13 bits per heavy atom. The van der Waals surface area contributed by atoms with Gasteiger partial charge in [-0.1, -0.05) is 50.3 Å². The van der Waals surface area contributed by atoms with E-state index in [9.17, 15) is 4.79 Å². The van der Waals surface area contributed by atoms with E-state index in [0.29, 0.717) is 17.7 Å². The molecule has 0 spiro atoms. The van der Waals surface area contributed by atoms with Crippen molar-refractivity contribution in [1.82, 2.24) is 10.2 Å². The molecule has 5 nitrogen and oxygen atoms in total. The molecule has 0 radical (unpaired) electrons. The Kier molecular flexibility index (Phi) is 6.29. The maximum atomic E-state index is 12.0. The summed E-state index contributed by atoms with van der Waals surface area (Å²) >= 11 is 1.39. The molecule has 0 aliphatic rings. The lowest BCUT2D eigenvalue weighted by Crippen LogP contribution is -2.07. The fourth-order valence-corrected chi connectivity index (χ4v) is 2.54. The van der Waals surface area contributed by atoms with Gasteiger partial charge in [0.15, 0.2) is 0 Å². The molecule has 0 saturated heterocycles. The van der Waals surface area contributed by atoms with Crippen molar-refractivity contribution < 1.29 is 9.53 Å². The molecule has 0 atom stereocenters. The van der Waals surface area contributed by atoms with Crippen LogP contribution in [-0.2, 0) is 4.79 Å². The zero-order valence-corrected chi connectivity index (χ0v) is 14.4. The van der Waals surface area contributed by atoms with Crippen LogP contribution in [0.5, 0.6) is 5.75 Å². The summed E-state index contributed by atoms with van der Waals surface area (Å²) in [7, 11) is 0. The highest BCUT2D eigenvalue weighted by Gasteiger charge is 2.09. The van der Waals surface area contributed by atoms with Crippen molar-refractivity contribution in [2.75, 3.05) is 11.9 Å². The number of anilines is 1. The number of nitrogens with zero attached hydrogens (tertiary/aromatic N) is 2. The summed E-state index contributed by atoms with van der Waals surface area (Å²) in [6.07, 6.45) is 4.16. The zero-order chi connectivity index (χ0) is 16.7. The Hall–Kier alpha value is -2.21. The Balaban J connectivity index is 2.00. The van der Waals surface area contributed by atoms with E-state index in [2.05, 4.69) is 22.4 Å². The summed E-state index contributed by atoms with van der Waals surface area (Å²) in [6, 6.07) is 7.64. The number of ether oxygens (including phenoxy) is 1. The number of carbonyl (C=O) groups excluding carboxylic acids is 1. The van der Waals surface area contributed by atoms with Gasteiger partial charge in [0.1, 0.15) is 10.8 Å². The molecule has 1 N–H and O–H groups in total. The van der Waals surface area contributed by atoms with E-state index < -0.39 is 0 Å². The minimum absolute atomic E-state index is 0.234. The molecular weight excluding hydrogens is 310 g/mol. The van der Waals surface area contributed by atoms with Crippen LogP contribution in [0.3, 0.4) is 0 Å². The second kappa shape index (κ2) is 8.43. The summed E-state index contributed by atoms with van der Waals surface area (Å²) in [5, 5.41) is 12.2. The number of rotatable bonds is 7. The average molecular weight is 331 g/mol. The molecule has 1 amide bonds. The first-order valence-electron chi connectivity index (χ1n) is 7.64. The lowest BCUT2D eigenvalue weighted by Gasteiger charge is -2.07. The molecule has 23 heavy (non-hydrogen) atoms. The fraction of sp³-hybridized carbons (Fsp3) is 0.353. The van der Waals surface area contributed by atoms with E-state index in [4.69, 9.17) is 4.74 Å². The number of hydrogen-bond acceptors (Lipinski definition) is 5. The minimum Gasteiger partial charge on any atom is -0.493 e. The number of para-hydroxylation sites is 1. The minimum atomic E-state index is -0.234. The third kappa shape index (κ3) is 5.17. The highest BCUT2D eigenvalue weighted by Crippen LogP contribution is 2.23. The first kappa shape index (κ1) is 17.1. The number of aromatic nitrogens is 2. The second-order valence-electron chi connectivity index (χ2n) is 5.31. The maximum Gasteiger partial charge on any atom is 0.250 e. The summed E-state index contributed by atoms with van der Waals surface area (Å²) in [5.74, 6) is 0.842. The smallest absolute Gasteiger partial charge is 0.250 e. The number of hydrogen-bond donors (Lipinski definition) is 1. The Morgan fingerprint density at radius 1 is 1.35 bits per heavy atom. The molecule has 0 saturated carbocycles. The van der Waals surface area contributed by atoms with Crippen LogP contribution in [0.2, 0.25) is 0 Å². The van der Waals surface area contributed by atoms with E-state index in [1.54, 1.807) is 6.08 Å². The molecule has 2 aromatic rings. The van der Waals surface area contributed by atoms with Crippen molar-refractivity contribution in [2.45, 2.75) is 33.1 Å². The van der Waals surface area contributed by atoms with Gasteiger partial charge in [0.2, 0.25) is 11.0 Å². The molecule has 6 heteroatoms. The number of benzene rings is 1. The highest BCUT2D eigenvalue weighted by atomic mass is 32.1. The first-order chi connectivity index (χ1) is 11.1. The lowest BCUT2D eigenvalue weighted by molar-refractivity contribution is -0.111. The van der Waals surface area contributed by atoms with Gasteiger partial charge < -0.3 is 4.74 Å². The van der Waals surface area contributed by atoms with E-state index in [1.165, 1.54) is 17.4 Å². The van der Waals surface area contributed by atoms with Crippen molar-refractivity contribution in [3.05, 3.63) is 40.9 Å². The van der Waals surface area contributed by atoms with Crippen LogP contribution in [0.25, 0.3) is 6.08 Å². The summed E-state index contributed by atoms with van der Waals surface area (Å²) in [6.45, 7) is 6.79. The van der Waals surface area contributed by atoms with E-state index in [-0.39, 0.29) is 5.91 Å². The number of nitrogens with one attached hydrogen (secondary N) is 1. The SMILES string of the molecule is CCCOc1ccccc1/C=C/C(=O)Nc1nnc(C(C)C)s1. The molecule has 0 bridgehead atoms. The Morgan fingerprint density at radius 3 is 2.83 bits per heavy atom. The van der Waals surface area contributed by atoms with E-state index in [0.717, 1.165) is 22.7 Å². The van der Waals surface area contributed by atoms with Crippen LogP contribution in [-0.4, -0.2) is 22.7 Å². The monoisotopic (exact) mass is 331 g/mol. The third-order valence-corrected chi connectivity index (χ3v) is 4.10. The van der Waals surface area contributed by atoms with Crippen molar-refractivity contribution >= 4 is 28.5 Å². The summed E-state index contributed by atoms with van der Waals surface area (Å²) in [5.41, 5.74) is 0.872. The van der Waals surface area contributed by atoms with Gasteiger partial charge in [0, 0.05) is 17.6 Å². The van der Waals surface area contributed by atoms with Gasteiger partial charge in [-0.05, 0) is 18.6 Å². The van der Waals surface area contributed by atoms with Crippen molar-refractivity contribution in [2.24, 2.45) is 0 Å². The largest absolute Gasteiger partial charge is 0.493 e. The maximum absolute atomic E-state index is 12.0. The highest BCUT2D eigenvalue weighted by molar-refractivity contribution is 7.15. The lowest BCUT2D eigenvalue weighted by atomic mass is 10.2. The number of amides is 1.